The van der Waals surface area contributed by atoms with Gasteiger partial charge in [0.2, 0.25) is 0 Å². The molecule has 10 heteroatoms. The molecule has 0 fully saturated rings. The molecule has 0 aliphatic carbocycles. The van der Waals surface area contributed by atoms with Gasteiger partial charge in [-0.3, -0.25) is 9.59 Å². The molecule has 0 unspecified atom stereocenters. The number of nitrogens with one attached hydrogen (secondary N) is 2. The number of carbonyl (C=O) groups excluding carboxylic acids is 2. The van der Waals surface area contributed by atoms with E-state index < -0.39 is 5.91 Å². The molecule has 4 aromatic rings. The number of amides is 2. The Kier molecular flexibility index (Phi) is 9.28. The number of hydrogen-bond acceptors (Lipinski definition) is 6. The molecule has 0 atom stereocenters. The van der Waals surface area contributed by atoms with Crippen LogP contribution in [0.25, 0.3) is 0 Å². The Hall–Kier alpha value is -4.40. The summed E-state index contributed by atoms with van der Waals surface area (Å²) in [6.07, 6.45) is 0. The van der Waals surface area contributed by atoms with Gasteiger partial charge in [-0.15, -0.1) is 5.11 Å². The molecule has 0 saturated heterocycles. The second-order valence-corrected chi connectivity index (χ2v) is 8.72. The van der Waals surface area contributed by atoms with Crippen molar-refractivity contribution < 1.29 is 19.1 Å². The summed E-state index contributed by atoms with van der Waals surface area (Å²) in [6.45, 7) is -0.462. The Morgan fingerprint density at radius 1 is 0.658 bits per heavy atom. The van der Waals surface area contributed by atoms with Gasteiger partial charge in [-0.1, -0.05) is 41.4 Å². The van der Waals surface area contributed by atoms with Gasteiger partial charge in [-0.2, -0.15) is 5.11 Å². The average molecular weight is 549 g/mol. The molecule has 0 aliphatic heterocycles. The lowest BCUT2D eigenvalue weighted by Crippen LogP contribution is -2.21. The zero-order valence-corrected chi connectivity index (χ0v) is 21.4. The van der Waals surface area contributed by atoms with Gasteiger partial charge >= 0.3 is 0 Å². The molecule has 4 rings (SSSR count). The zero-order chi connectivity index (χ0) is 26.7. The fraction of sp³-hybridized carbons (Fsp3) is 0.0714. The van der Waals surface area contributed by atoms with Crippen molar-refractivity contribution in [3.05, 3.63) is 107 Å². The molecule has 2 N–H and O–H groups in total. The fourth-order valence-electron chi connectivity index (χ4n) is 3.15. The van der Waals surface area contributed by atoms with Crippen LogP contribution < -0.4 is 20.1 Å². The molecule has 0 radical (unpaired) electrons. The lowest BCUT2D eigenvalue weighted by atomic mass is 10.2. The Balaban J connectivity index is 1.45. The highest BCUT2D eigenvalue weighted by Crippen LogP contribution is 2.30. The van der Waals surface area contributed by atoms with Crippen LogP contribution in [0.1, 0.15) is 0 Å². The minimum atomic E-state index is -0.425. The van der Waals surface area contributed by atoms with E-state index in [1.165, 1.54) is 0 Å². The van der Waals surface area contributed by atoms with Crippen molar-refractivity contribution in [3.8, 4) is 11.5 Å². The van der Waals surface area contributed by atoms with E-state index in [9.17, 15) is 9.59 Å². The Bertz CT molecular complexity index is 1410. The third kappa shape index (κ3) is 8.33. The number of benzene rings is 4. The molecule has 2 amide bonds. The van der Waals surface area contributed by atoms with Gasteiger partial charge in [0.15, 0.2) is 13.2 Å². The normalized spacial score (nSPS) is 10.7. The summed E-state index contributed by atoms with van der Waals surface area (Å²) in [6, 6.07) is 27.4. The number of nitrogens with zero attached hydrogens (tertiary/aromatic N) is 2. The standard InChI is InChI=1S/C28H22Cl2N4O4/c29-19-6-11-23(12-7-19)37-17-27(35)31-22-10-15-25(34-33-21-4-2-1-3-5-21)26(16-22)32-28(36)18-38-24-13-8-20(30)9-14-24/h1-16H,17-18H2,(H,31,35)(H,32,36). The number of anilines is 2. The third-order valence-corrected chi connectivity index (χ3v) is 5.45. The number of ether oxygens (including phenoxy) is 2. The SMILES string of the molecule is O=C(COc1ccc(Cl)cc1)Nc1ccc(N=Nc2ccccc2)c(NC(=O)COc2ccc(Cl)cc2)c1. The third-order valence-electron chi connectivity index (χ3n) is 4.95. The van der Waals surface area contributed by atoms with E-state index in [2.05, 4.69) is 20.9 Å². The quantitative estimate of drug-likeness (QED) is 0.201. The predicted octanol–water partition coefficient (Wildman–Crippen LogP) is 7.44. The van der Waals surface area contributed by atoms with E-state index in [-0.39, 0.29) is 19.1 Å². The number of azo groups is 1. The summed E-state index contributed by atoms with van der Waals surface area (Å²) in [4.78, 5) is 25.1. The van der Waals surface area contributed by atoms with Gasteiger partial charge in [0.1, 0.15) is 17.2 Å². The maximum absolute atomic E-state index is 12.6. The van der Waals surface area contributed by atoms with Crippen molar-refractivity contribution in [2.75, 3.05) is 23.8 Å². The van der Waals surface area contributed by atoms with Crippen LogP contribution in [-0.2, 0) is 9.59 Å². The molecule has 8 nitrogen and oxygen atoms in total. The van der Waals surface area contributed by atoms with Gasteiger partial charge in [0.05, 0.1) is 11.4 Å². The van der Waals surface area contributed by atoms with Crippen molar-refractivity contribution in [1.82, 2.24) is 0 Å². The van der Waals surface area contributed by atoms with Crippen LogP contribution in [0, 0.1) is 0 Å². The highest BCUT2D eigenvalue weighted by molar-refractivity contribution is 6.30. The molecule has 0 spiro atoms. The molecule has 0 heterocycles. The van der Waals surface area contributed by atoms with Gasteiger partial charge < -0.3 is 20.1 Å². The summed E-state index contributed by atoms with van der Waals surface area (Å²) in [7, 11) is 0. The average Bonchev–Trinajstić information content (AvgIpc) is 2.92. The largest absolute Gasteiger partial charge is 0.484 e. The number of hydrogen-bond donors (Lipinski definition) is 2. The van der Waals surface area contributed by atoms with Crippen LogP contribution >= 0.6 is 23.2 Å². The number of rotatable bonds is 10. The van der Waals surface area contributed by atoms with E-state index in [0.717, 1.165) is 0 Å². The first-order valence-electron chi connectivity index (χ1n) is 11.4. The molecule has 0 aliphatic rings. The van der Waals surface area contributed by atoms with Crippen LogP contribution in [0.15, 0.2) is 107 Å². The highest BCUT2D eigenvalue weighted by atomic mass is 35.5. The minimum absolute atomic E-state index is 0.215. The Morgan fingerprint density at radius 2 is 1.21 bits per heavy atom. The summed E-state index contributed by atoms with van der Waals surface area (Å²) >= 11 is 11.8. The first kappa shape index (κ1) is 26.7. The van der Waals surface area contributed by atoms with Gasteiger partial charge in [0, 0.05) is 15.7 Å². The first-order chi connectivity index (χ1) is 18.4. The number of halogens is 2. The summed E-state index contributed by atoms with van der Waals surface area (Å²) < 4.78 is 11.0. The van der Waals surface area contributed by atoms with Crippen LogP contribution in [-0.4, -0.2) is 25.0 Å². The molecular formula is C28H22Cl2N4O4. The summed E-state index contributed by atoms with van der Waals surface area (Å²) in [5.41, 5.74) is 1.81. The fourth-order valence-corrected chi connectivity index (χ4v) is 3.40. The van der Waals surface area contributed by atoms with Crippen molar-refractivity contribution in [1.29, 1.82) is 0 Å². The second kappa shape index (κ2) is 13.2. The van der Waals surface area contributed by atoms with Crippen LogP contribution in [0.4, 0.5) is 22.7 Å². The van der Waals surface area contributed by atoms with Crippen LogP contribution in [0.2, 0.25) is 10.0 Å². The van der Waals surface area contributed by atoms with E-state index >= 15 is 0 Å². The van der Waals surface area contributed by atoms with Gasteiger partial charge in [0.25, 0.3) is 11.8 Å². The van der Waals surface area contributed by atoms with Gasteiger partial charge in [-0.05, 0) is 78.9 Å². The summed E-state index contributed by atoms with van der Waals surface area (Å²) in [5.74, 6) is 0.192. The zero-order valence-electron chi connectivity index (χ0n) is 19.9. The lowest BCUT2D eigenvalue weighted by Gasteiger charge is -2.12. The van der Waals surface area contributed by atoms with Crippen molar-refractivity contribution in [2.45, 2.75) is 0 Å². The van der Waals surface area contributed by atoms with E-state index in [0.29, 0.717) is 44.3 Å². The second-order valence-electron chi connectivity index (χ2n) is 7.85. The van der Waals surface area contributed by atoms with Crippen LogP contribution in [0.5, 0.6) is 11.5 Å². The Morgan fingerprint density at radius 3 is 1.79 bits per heavy atom. The summed E-state index contributed by atoms with van der Waals surface area (Å²) in [5, 5.41) is 15.1. The first-order valence-corrected chi connectivity index (χ1v) is 12.2. The minimum Gasteiger partial charge on any atom is -0.484 e. The Labute approximate surface area is 229 Å². The monoisotopic (exact) mass is 548 g/mol. The molecular weight excluding hydrogens is 527 g/mol. The van der Waals surface area contributed by atoms with Gasteiger partial charge in [-0.25, -0.2) is 0 Å². The van der Waals surface area contributed by atoms with Crippen LogP contribution in [0.3, 0.4) is 0 Å². The molecule has 4 aromatic carbocycles. The molecule has 0 aromatic heterocycles. The smallest absolute Gasteiger partial charge is 0.262 e. The van der Waals surface area contributed by atoms with Crippen molar-refractivity contribution in [3.63, 3.8) is 0 Å². The molecule has 0 bridgehead atoms. The highest BCUT2D eigenvalue weighted by Gasteiger charge is 2.12. The lowest BCUT2D eigenvalue weighted by molar-refractivity contribution is -0.118. The maximum atomic E-state index is 12.6. The van der Waals surface area contributed by atoms with E-state index in [1.54, 1.807) is 78.9 Å². The topological polar surface area (TPSA) is 101 Å². The molecule has 0 saturated carbocycles. The van der Waals surface area contributed by atoms with E-state index in [1.807, 2.05) is 18.2 Å². The molecule has 192 valence electrons. The maximum Gasteiger partial charge on any atom is 0.262 e. The van der Waals surface area contributed by atoms with Crippen molar-refractivity contribution in [2.24, 2.45) is 10.2 Å². The van der Waals surface area contributed by atoms with E-state index in [4.69, 9.17) is 32.7 Å². The molecule has 38 heavy (non-hydrogen) atoms. The predicted molar refractivity (Wildman–Crippen MR) is 148 cm³/mol. The van der Waals surface area contributed by atoms with Crippen molar-refractivity contribution >= 4 is 57.8 Å². The number of carbonyl (C=O) groups is 2.